The van der Waals surface area contributed by atoms with E-state index in [1.807, 2.05) is 25.1 Å². The predicted molar refractivity (Wildman–Crippen MR) is 75.1 cm³/mol. The molecule has 4 heteroatoms. The lowest BCUT2D eigenvalue weighted by Crippen LogP contribution is -1.92. The Bertz CT molecular complexity index is 553. The largest absolute Gasteiger partial charge is 0.496 e. The van der Waals surface area contributed by atoms with Gasteiger partial charge in [0.15, 0.2) is 0 Å². The molecule has 0 aliphatic carbocycles. The molecule has 0 spiro atoms. The molecule has 0 radical (unpaired) electrons. The number of benzene rings is 1. The zero-order chi connectivity index (χ0) is 13.5. The van der Waals surface area contributed by atoms with Crippen molar-refractivity contribution in [1.82, 2.24) is 4.98 Å². The van der Waals surface area contributed by atoms with Gasteiger partial charge in [0, 0.05) is 12.4 Å². The molecule has 2 aromatic rings. The van der Waals surface area contributed by atoms with Crippen molar-refractivity contribution in [3.8, 4) is 5.75 Å². The molecule has 0 aliphatic heterocycles. The van der Waals surface area contributed by atoms with Crippen LogP contribution < -0.4 is 4.74 Å². The molecule has 4 nitrogen and oxygen atoms in total. The summed E-state index contributed by atoms with van der Waals surface area (Å²) in [5, 5.41) is 8.31. The van der Waals surface area contributed by atoms with Crippen molar-refractivity contribution >= 4 is 5.69 Å². The Balaban J connectivity index is 1.89. The highest BCUT2D eigenvalue weighted by atomic mass is 16.5. The number of aromatic nitrogens is 1. The fraction of sp³-hybridized carbons (Fsp3) is 0.267. The summed E-state index contributed by atoms with van der Waals surface area (Å²) in [7, 11) is 1.69. The van der Waals surface area contributed by atoms with E-state index in [1.165, 1.54) is 5.56 Å². The molecule has 2 rings (SSSR count). The van der Waals surface area contributed by atoms with Crippen LogP contribution in [0.1, 0.15) is 11.1 Å². The first kappa shape index (κ1) is 13.2. The van der Waals surface area contributed by atoms with E-state index in [4.69, 9.17) is 4.74 Å². The lowest BCUT2D eigenvalue weighted by Gasteiger charge is -2.06. The monoisotopic (exact) mass is 255 g/mol. The summed E-state index contributed by atoms with van der Waals surface area (Å²) in [4.78, 5) is 3.93. The summed E-state index contributed by atoms with van der Waals surface area (Å²) in [5.41, 5.74) is 3.22. The smallest absolute Gasteiger partial charge is 0.121 e. The summed E-state index contributed by atoms with van der Waals surface area (Å²) in [6.45, 7) is 2.72. The second kappa shape index (κ2) is 6.64. The van der Waals surface area contributed by atoms with Gasteiger partial charge >= 0.3 is 0 Å². The zero-order valence-corrected chi connectivity index (χ0v) is 11.2. The summed E-state index contributed by atoms with van der Waals surface area (Å²) >= 11 is 0. The Morgan fingerprint density at radius 3 is 2.63 bits per heavy atom. The molecule has 0 atom stereocenters. The van der Waals surface area contributed by atoms with Crippen LogP contribution in [0.15, 0.2) is 53.0 Å². The number of azo groups is 1. The molecule has 0 fully saturated rings. The van der Waals surface area contributed by atoms with Gasteiger partial charge in [0.2, 0.25) is 0 Å². The van der Waals surface area contributed by atoms with Crippen LogP contribution in [0.25, 0.3) is 0 Å². The van der Waals surface area contributed by atoms with Gasteiger partial charge in [-0.3, -0.25) is 4.98 Å². The third kappa shape index (κ3) is 3.88. The zero-order valence-electron chi connectivity index (χ0n) is 11.2. The Morgan fingerprint density at radius 2 is 1.95 bits per heavy atom. The Labute approximate surface area is 113 Å². The number of pyridine rings is 1. The number of nitrogens with zero attached hydrogens (tertiary/aromatic N) is 3. The molecule has 1 heterocycles. The number of hydrogen-bond donors (Lipinski definition) is 0. The van der Waals surface area contributed by atoms with E-state index in [0.29, 0.717) is 6.54 Å². The van der Waals surface area contributed by atoms with Crippen LogP contribution in [0.3, 0.4) is 0 Å². The SMILES string of the molecule is COc1ccc(CCN=Nc2ccncc2)cc1C. The Hall–Kier alpha value is -2.23. The van der Waals surface area contributed by atoms with E-state index in [1.54, 1.807) is 19.5 Å². The lowest BCUT2D eigenvalue weighted by atomic mass is 10.1. The van der Waals surface area contributed by atoms with Crippen LogP contribution in [0.4, 0.5) is 5.69 Å². The molecule has 0 saturated heterocycles. The molecule has 0 bridgehead atoms. The van der Waals surface area contributed by atoms with E-state index >= 15 is 0 Å². The maximum absolute atomic E-state index is 5.24. The third-order valence-corrected chi connectivity index (χ3v) is 2.81. The first-order valence-electron chi connectivity index (χ1n) is 6.20. The topological polar surface area (TPSA) is 46.8 Å². The summed E-state index contributed by atoms with van der Waals surface area (Å²) in [5.74, 6) is 0.919. The van der Waals surface area contributed by atoms with Crippen LogP contribution in [-0.2, 0) is 6.42 Å². The minimum atomic E-state index is 0.675. The van der Waals surface area contributed by atoms with Crippen LogP contribution in [0.5, 0.6) is 5.75 Å². The first-order chi connectivity index (χ1) is 9.29. The number of aryl methyl sites for hydroxylation is 1. The fourth-order valence-electron chi connectivity index (χ4n) is 1.82. The summed E-state index contributed by atoms with van der Waals surface area (Å²) < 4.78 is 5.24. The van der Waals surface area contributed by atoms with Gasteiger partial charge in [-0.15, -0.1) is 0 Å². The predicted octanol–water partition coefficient (Wildman–Crippen LogP) is 3.73. The molecule has 0 amide bonds. The van der Waals surface area contributed by atoms with Gasteiger partial charge in [-0.05, 0) is 42.7 Å². The number of hydrogen-bond acceptors (Lipinski definition) is 4. The molecule has 0 unspecified atom stereocenters. The average Bonchev–Trinajstić information content (AvgIpc) is 2.45. The maximum Gasteiger partial charge on any atom is 0.121 e. The quantitative estimate of drug-likeness (QED) is 0.764. The van der Waals surface area contributed by atoms with Crippen LogP contribution >= 0.6 is 0 Å². The van der Waals surface area contributed by atoms with E-state index in [9.17, 15) is 0 Å². The van der Waals surface area contributed by atoms with Crippen molar-refractivity contribution < 1.29 is 4.74 Å². The highest BCUT2D eigenvalue weighted by Crippen LogP contribution is 2.18. The molecule has 0 saturated carbocycles. The Kier molecular flexibility index (Phi) is 4.61. The fourth-order valence-corrected chi connectivity index (χ4v) is 1.82. The Morgan fingerprint density at radius 1 is 1.16 bits per heavy atom. The standard InChI is InChI=1S/C15H17N3O/c1-12-11-13(3-4-15(12)19-2)5-10-17-18-14-6-8-16-9-7-14/h3-4,6-9,11H,5,10H2,1-2H3. The second-order valence-corrected chi connectivity index (χ2v) is 4.22. The second-order valence-electron chi connectivity index (χ2n) is 4.22. The molecular formula is C15H17N3O. The van der Waals surface area contributed by atoms with Crippen molar-refractivity contribution in [1.29, 1.82) is 0 Å². The number of methoxy groups -OCH3 is 1. The van der Waals surface area contributed by atoms with E-state index < -0.39 is 0 Å². The molecule has 0 N–H and O–H groups in total. The van der Waals surface area contributed by atoms with E-state index in [-0.39, 0.29) is 0 Å². The lowest BCUT2D eigenvalue weighted by molar-refractivity contribution is 0.411. The highest BCUT2D eigenvalue weighted by Gasteiger charge is 1.99. The van der Waals surface area contributed by atoms with Gasteiger partial charge in [-0.25, -0.2) is 0 Å². The molecule has 1 aromatic carbocycles. The minimum absolute atomic E-state index is 0.675. The minimum Gasteiger partial charge on any atom is -0.496 e. The number of ether oxygens (including phenoxy) is 1. The van der Waals surface area contributed by atoms with E-state index in [0.717, 1.165) is 23.4 Å². The first-order valence-corrected chi connectivity index (χ1v) is 6.20. The van der Waals surface area contributed by atoms with Gasteiger partial charge < -0.3 is 4.74 Å². The summed E-state index contributed by atoms with van der Waals surface area (Å²) in [6.07, 6.45) is 4.29. The van der Waals surface area contributed by atoms with Crippen molar-refractivity contribution in [2.45, 2.75) is 13.3 Å². The van der Waals surface area contributed by atoms with Crippen LogP contribution in [0, 0.1) is 6.92 Å². The number of rotatable bonds is 5. The van der Waals surface area contributed by atoms with Crippen LogP contribution in [0.2, 0.25) is 0 Å². The molecule has 19 heavy (non-hydrogen) atoms. The van der Waals surface area contributed by atoms with Gasteiger partial charge in [0.25, 0.3) is 0 Å². The third-order valence-electron chi connectivity index (χ3n) is 2.81. The summed E-state index contributed by atoms with van der Waals surface area (Å²) in [6, 6.07) is 9.85. The van der Waals surface area contributed by atoms with E-state index in [2.05, 4.69) is 27.3 Å². The molecule has 1 aromatic heterocycles. The highest BCUT2D eigenvalue weighted by molar-refractivity contribution is 5.36. The molecular weight excluding hydrogens is 238 g/mol. The van der Waals surface area contributed by atoms with Crippen molar-refractivity contribution in [2.24, 2.45) is 10.2 Å². The molecule has 0 aliphatic rings. The average molecular weight is 255 g/mol. The van der Waals surface area contributed by atoms with Gasteiger partial charge in [0.1, 0.15) is 5.75 Å². The van der Waals surface area contributed by atoms with Crippen molar-refractivity contribution in [2.75, 3.05) is 13.7 Å². The van der Waals surface area contributed by atoms with Crippen molar-refractivity contribution in [3.05, 3.63) is 53.9 Å². The maximum atomic E-state index is 5.24. The molecule has 98 valence electrons. The normalized spacial score (nSPS) is 10.8. The van der Waals surface area contributed by atoms with Crippen molar-refractivity contribution in [3.63, 3.8) is 0 Å². The van der Waals surface area contributed by atoms with Gasteiger partial charge in [0.05, 0.1) is 19.3 Å². The van der Waals surface area contributed by atoms with Gasteiger partial charge in [-0.2, -0.15) is 10.2 Å². The van der Waals surface area contributed by atoms with Crippen LogP contribution in [-0.4, -0.2) is 18.6 Å². The van der Waals surface area contributed by atoms with Gasteiger partial charge in [-0.1, -0.05) is 12.1 Å².